The van der Waals surface area contributed by atoms with Gasteiger partial charge >= 0.3 is 11.8 Å². The first-order chi connectivity index (χ1) is 4.32. The predicted molar refractivity (Wildman–Crippen MR) is 19.7 cm³/mol. The first-order valence-corrected chi connectivity index (χ1v) is 2.35. The first-order valence-electron chi connectivity index (χ1n) is 2.35. The van der Waals surface area contributed by atoms with Gasteiger partial charge in [0.15, 0.2) is 0 Å². The third kappa shape index (κ3) is 0.543. The largest absolute Gasteiger partial charge is 0.346 e. The molecule has 0 aliphatic heterocycles. The second-order valence-electron chi connectivity index (χ2n) is 2.05. The van der Waals surface area contributed by atoms with Gasteiger partial charge in [-0.3, -0.25) is 0 Å². The van der Waals surface area contributed by atoms with Gasteiger partial charge in [-0.2, -0.15) is 17.6 Å². The van der Waals surface area contributed by atoms with Crippen LogP contribution >= 0.6 is 0 Å². The Balaban J connectivity index is 2.82. The number of hydrogen-bond donors (Lipinski definition) is 0. The fourth-order valence-electron chi connectivity index (χ4n) is 0.639. The van der Waals surface area contributed by atoms with Crippen LogP contribution in [0.5, 0.6) is 0 Å². The zero-order valence-corrected chi connectivity index (χ0v) is 4.42. The SMILES string of the molecule is FC1[C@H](F)C(F)(F)C1(F)F. The number of hydrogen-bond acceptors (Lipinski definition) is 0. The molecule has 6 heteroatoms. The van der Waals surface area contributed by atoms with E-state index in [1.165, 1.54) is 0 Å². The first kappa shape index (κ1) is 7.68. The highest BCUT2D eigenvalue weighted by Gasteiger charge is 2.81. The average molecular weight is 164 g/mol. The van der Waals surface area contributed by atoms with E-state index in [1.807, 2.05) is 0 Å². The molecular formula is C4H2F6. The molecule has 1 aliphatic rings. The summed E-state index contributed by atoms with van der Waals surface area (Å²) in [6, 6.07) is 0. The van der Waals surface area contributed by atoms with Crippen LogP contribution in [0.25, 0.3) is 0 Å². The molecule has 10 heavy (non-hydrogen) atoms. The fourth-order valence-corrected chi connectivity index (χ4v) is 0.639. The lowest BCUT2D eigenvalue weighted by Crippen LogP contribution is -2.70. The van der Waals surface area contributed by atoms with Gasteiger partial charge in [-0.1, -0.05) is 0 Å². The van der Waals surface area contributed by atoms with Crippen LogP contribution in [-0.4, -0.2) is 24.2 Å². The van der Waals surface area contributed by atoms with Gasteiger partial charge in [-0.25, -0.2) is 8.78 Å². The van der Waals surface area contributed by atoms with Crippen LogP contribution in [0.2, 0.25) is 0 Å². The lowest BCUT2D eigenvalue weighted by molar-refractivity contribution is -0.351. The molecule has 60 valence electrons. The van der Waals surface area contributed by atoms with E-state index in [4.69, 9.17) is 0 Å². The van der Waals surface area contributed by atoms with E-state index in [-0.39, 0.29) is 0 Å². The molecular weight excluding hydrogens is 162 g/mol. The van der Waals surface area contributed by atoms with Crippen LogP contribution < -0.4 is 0 Å². The molecule has 0 nitrogen and oxygen atoms in total. The van der Waals surface area contributed by atoms with Crippen molar-refractivity contribution in [3.05, 3.63) is 0 Å². The molecule has 1 aliphatic carbocycles. The second-order valence-corrected chi connectivity index (χ2v) is 2.05. The summed E-state index contributed by atoms with van der Waals surface area (Å²) in [7, 11) is 0. The maximum Gasteiger partial charge on any atom is 0.346 e. The van der Waals surface area contributed by atoms with E-state index in [0.717, 1.165) is 0 Å². The Hall–Kier alpha value is -0.420. The van der Waals surface area contributed by atoms with Crippen LogP contribution in [0, 0.1) is 0 Å². The predicted octanol–water partition coefficient (Wildman–Crippen LogP) is 1.95. The molecule has 0 heterocycles. The van der Waals surface area contributed by atoms with Crippen molar-refractivity contribution in [2.45, 2.75) is 24.2 Å². The highest BCUT2D eigenvalue weighted by molar-refractivity contribution is 5.12. The summed E-state index contributed by atoms with van der Waals surface area (Å²) in [5, 5.41) is 0. The maximum absolute atomic E-state index is 11.6. The van der Waals surface area contributed by atoms with Crippen molar-refractivity contribution >= 4 is 0 Å². The minimum atomic E-state index is -4.83. The monoisotopic (exact) mass is 164 g/mol. The lowest BCUT2D eigenvalue weighted by Gasteiger charge is -2.41. The molecule has 1 saturated carbocycles. The molecule has 0 spiro atoms. The van der Waals surface area contributed by atoms with Gasteiger partial charge in [-0.15, -0.1) is 0 Å². The highest BCUT2D eigenvalue weighted by atomic mass is 19.3. The molecule has 1 unspecified atom stereocenters. The normalized spacial score (nSPS) is 42.6. The maximum atomic E-state index is 11.6. The smallest absolute Gasteiger partial charge is 0.237 e. The summed E-state index contributed by atoms with van der Waals surface area (Å²) < 4.78 is 69.5. The van der Waals surface area contributed by atoms with Crippen molar-refractivity contribution in [1.29, 1.82) is 0 Å². The lowest BCUT2D eigenvalue weighted by atomic mass is 9.85. The highest BCUT2D eigenvalue weighted by Crippen LogP contribution is 2.54. The average Bonchev–Trinajstić information content (AvgIpc) is 1.84. The van der Waals surface area contributed by atoms with Gasteiger partial charge in [-0.05, 0) is 0 Å². The van der Waals surface area contributed by atoms with Crippen molar-refractivity contribution in [3.8, 4) is 0 Å². The van der Waals surface area contributed by atoms with Crippen molar-refractivity contribution in [3.63, 3.8) is 0 Å². The number of alkyl halides is 6. The summed E-state index contributed by atoms with van der Waals surface area (Å²) in [6.45, 7) is 0. The summed E-state index contributed by atoms with van der Waals surface area (Å²) in [5.41, 5.74) is 0. The molecule has 0 saturated heterocycles. The fraction of sp³-hybridized carbons (Fsp3) is 1.00. The minimum absolute atomic E-state index is 3.36. The van der Waals surface area contributed by atoms with Gasteiger partial charge in [0, 0.05) is 0 Å². The molecule has 0 radical (unpaired) electrons. The van der Waals surface area contributed by atoms with Crippen molar-refractivity contribution in [1.82, 2.24) is 0 Å². The van der Waals surface area contributed by atoms with E-state index >= 15 is 0 Å². The van der Waals surface area contributed by atoms with Crippen molar-refractivity contribution < 1.29 is 26.3 Å². The van der Waals surface area contributed by atoms with Gasteiger partial charge in [0.1, 0.15) is 0 Å². The van der Waals surface area contributed by atoms with E-state index in [2.05, 4.69) is 0 Å². The molecule has 0 amide bonds. The van der Waals surface area contributed by atoms with E-state index in [0.29, 0.717) is 0 Å². The van der Waals surface area contributed by atoms with E-state index in [9.17, 15) is 26.3 Å². The molecule has 2 atom stereocenters. The molecule has 0 aromatic heterocycles. The number of halogens is 6. The van der Waals surface area contributed by atoms with Crippen LogP contribution in [0.3, 0.4) is 0 Å². The van der Waals surface area contributed by atoms with Crippen LogP contribution in [0.4, 0.5) is 26.3 Å². The van der Waals surface area contributed by atoms with Gasteiger partial charge in [0.2, 0.25) is 12.3 Å². The van der Waals surface area contributed by atoms with Crippen LogP contribution in [0.15, 0.2) is 0 Å². The molecule has 0 bridgehead atoms. The minimum Gasteiger partial charge on any atom is -0.237 e. The van der Waals surface area contributed by atoms with E-state index in [1.54, 1.807) is 0 Å². The second kappa shape index (κ2) is 1.60. The standard InChI is InChI=1S/C4H2F6/c5-1-2(6)4(9,10)3(1,7)8/h1-2H/t1-,2?/m0/s1. The third-order valence-corrected chi connectivity index (χ3v) is 1.39. The Labute approximate surface area is 51.8 Å². The third-order valence-electron chi connectivity index (χ3n) is 1.39. The molecule has 1 rings (SSSR count). The Bertz CT molecular complexity index is 134. The van der Waals surface area contributed by atoms with Gasteiger partial charge < -0.3 is 0 Å². The van der Waals surface area contributed by atoms with Crippen molar-refractivity contribution in [2.75, 3.05) is 0 Å². The summed E-state index contributed by atoms with van der Waals surface area (Å²) in [6.07, 6.45) is -6.72. The molecule has 1 fully saturated rings. The summed E-state index contributed by atoms with van der Waals surface area (Å²) in [5.74, 6) is -9.65. The van der Waals surface area contributed by atoms with Crippen LogP contribution in [0.1, 0.15) is 0 Å². The van der Waals surface area contributed by atoms with Gasteiger partial charge in [0.25, 0.3) is 0 Å². The number of rotatable bonds is 0. The molecule has 0 N–H and O–H groups in total. The van der Waals surface area contributed by atoms with E-state index < -0.39 is 24.2 Å². The van der Waals surface area contributed by atoms with Crippen LogP contribution in [-0.2, 0) is 0 Å². The molecule has 0 aromatic rings. The van der Waals surface area contributed by atoms with Gasteiger partial charge in [0.05, 0.1) is 0 Å². The Kier molecular flexibility index (Phi) is 1.23. The summed E-state index contributed by atoms with van der Waals surface area (Å²) in [4.78, 5) is 0. The zero-order valence-electron chi connectivity index (χ0n) is 4.42. The Morgan fingerprint density at radius 2 is 0.900 bits per heavy atom. The quantitative estimate of drug-likeness (QED) is 0.480. The topological polar surface area (TPSA) is 0 Å². The van der Waals surface area contributed by atoms with Crippen molar-refractivity contribution in [2.24, 2.45) is 0 Å². The zero-order chi connectivity index (χ0) is 8.15. The Morgan fingerprint density at radius 3 is 1.00 bits per heavy atom. The Morgan fingerprint density at radius 1 is 0.700 bits per heavy atom. The summed E-state index contributed by atoms with van der Waals surface area (Å²) >= 11 is 0. The molecule has 0 aromatic carbocycles.